The van der Waals surface area contributed by atoms with Crippen LogP contribution >= 0.6 is 0 Å². The molecule has 1 aromatic rings. The molecular weight excluding hydrogens is 242 g/mol. The van der Waals surface area contributed by atoms with Crippen molar-refractivity contribution >= 4 is 0 Å². The van der Waals surface area contributed by atoms with E-state index in [0.717, 1.165) is 26.1 Å². The number of imidazole rings is 1. The van der Waals surface area contributed by atoms with Crippen molar-refractivity contribution in [1.82, 2.24) is 14.5 Å². The normalized spacial score (nSPS) is 11.7. The second kappa shape index (κ2) is 8.17. The summed E-state index contributed by atoms with van der Waals surface area (Å²) in [5.41, 5.74) is 0.0694. The molecule has 110 valence electrons. The maximum atomic E-state index is 11.9. The summed E-state index contributed by atoms with van der Waals surface area (Å²) in [6, 6.07) is 0.217. The van der Waals surface area contributed by atoms with Gasteiger partial charge in [0.2, 0.25) is 0 Å². The third-order valence-corrected chi connectivity index (χ3v) is 2.91. The van der Waals surface area contributed by atoms with E-state index < -0.39 is 0 Å². The van der Waals surface area contributed by atoms with Gasteiger partial charge in [-0.3, -0.25) is 9.13 Å². The summed E-state index contributed by atoms with van der Waals surface area (Å²) in [4.78, 5) is 11.9. The molecule has 0 spiro atoms. The van der Waals surface area contributed by atoms with E-state index in [0.29, 0.717) is 12.6 Å². The standard InChI is InChI=1S/C14H27N3O2/c1-12(2)17-10-9-16(14(17)18)8-7-15-6-5-11-19-13(3)4/h9-10,12-13,15H,5-8,11H2,1-4H3. The molecule has 5 nitrogen and oxygen atoms in total. The van der Waals surface area contributed by atoms with E-state index in [1.54, 1.807) is 9.13 Å². The highest BCUT2D eigenvalue weighted by atomic mass is 16.5. The lowest BCUT2D eigenvalue weighted by atomic mass is 10.4. The van der Waals surface area contributed by atoms with Crippen LogP contribution < -0.4 is 11.0 Å². The number of hydrogen-bond acceptors (Lipinski definition) is 3. The lowest BCUT2D eigenvalue weighted by Gasteiger charge is -2.08. The number of nitrogens with zero attached hydrogens (tertiary/aromatic N) is 2. The highest BCUT2D eigenvalue weighted by molar-refractivity contribution is 4.83. The van der Waals surface area contributed by atoms with Crippen molar-refractivity contribution in [3.8, 4) is 0 Å². The zero-order valence-electron chi connectivity index (χ0n) is 12.6. The zero-order chi connectivity index (χ0) is 14.3. The van der Waals surface area contributed by atoms with E-state index in [4.69, 9.17) is 4.74 Å². The van der Waals surface area contributed by atoms with Crippen molar-refractivity contribution in [2.75, 3.05) is 19.7 Å². The molecule has 0 fully saturated rings. The molecule has 0 saturated carbocycles. The van der Waals surface area contributed by atoms with Gasteiger partial charge in [0.25, 0.3) is 0 Å². The molecule has 0 aliphatic heterocycles. The molecule has 1 rings (SSSR count). The quantitative estimate of drug-likeness (QED) is 0.693. The van der Waals surface area contributed by atoms with Crippen molar-refractivity contribution in [3.63, 3.8) is 0 Å². The summed E-state index contributed by atoms with van der Waals surface area (Å²) in [7, 11) is 0. The van der Waals surface area contributed by atoms with E-state index in [1.165, 1.54) is 0 Å². The number of nitrogens with one attached hydrogen (secondary N) is 1. The lowest BCUT2D eigenvalue weighted by Crippen LogP contribution is -2.29. The summed E-state index contributed by atoms with van der Waals surface area (Å²) >= 11 is 0. The lowest BCUT2D eigenvalue weighted by molar-refractivity contribution is 0.0771. The van der Waals surface area contributed by atoms with Crippen molar-refractivity contribution < 1.29 is 4.74 Å². The van der Waals surface area contributed by atoms with Gasteiger partial charge in [0, 0.05) is 38.1 Å². The molecule has 0 unspecified atom stereocenters. The molecule has 0 aromatic carbocycles. The molecule has 0 aliphatic carbocycles. The van der Waals surface area contributed by atoms with Gasteiger partial charge in [-0.05, 0) is 40.7 Å². The van der Waals surface area contributed by atoms with Gasteiger partial charge in [0.15, 0.2) is 0 Å². The molecule has 0 aliphatic rings. The minimum atomic E-state index is 0.0694. The highest BCUT2D eigenvalue weighted by Crippen LogP contribution is 1.98. The maximum absolute atomic E-state index is 11.9. The maximum Gasteiger partial charge on any atom is 0.328 e. The summed E-state index contributed by atoms with van der Waals surface area (Å²) in [6.45, 7) is 11.3. The molecule has 1 heterocycles. The average Bonchev–Trinajstić information content (AvgIpc) is 2.69. The van der Waals surface area contributed by atoms with Gasteiger partial charge in [-0.15, -0.1) is 0 Å². The van der Waals surface area contributed by atoms with Gasteiger partial charge in [0.1, 0.15) is 0 Å². The first-order valence-electron chi connectivity index (χ1n) is 7.12. The smallest absolute Gasteiger partial charge is 0.328 e. The molecule has 0 saturated heterocycles. The van der Waals surface area contributed by atoms with Crippen LogP contribution in [0.1, 0.15) is 40.2 Å². The molecule has 5 heteroatoms. The van der Waals surface area contributed by atoms with Crippen molar-refractivity contribution in [1.29, 1.82) is 0 Å². The Morgan fingerprint density at radius 2 is 1.95 bits per heavy atom. The fourth-order valence-corrected chi connectivity index (χ4v) is 1.83. The molecule has 1 N–H and O–H groups in total. The Balaban J connectivity index is 2.18. The summed E-state index contributed by atoms with van der Waals surface area (Å²) in [5.74, 6) is 0. The molecule has 0 amide bonds. The Labute approximate surface area is 115 Å². The van der Waals surface area contributed by atoms with E-state index in [2.05, 4.69) is 5.32 Å². The number of ether oxygens (including phenoxy) is 1. The molecule has 1 aromatic heterocycles. The first-order chi connectivity index (χ1) is 9.02. The van der Waals surface area contributed by atoms with Crippen LogP contribution in [0, 0.1) is 0 Å². The van der Waals surface area contributed by atoms with Gasteiger partial charge in [-0.1, -0.05) is 0 Å². The SMILES string of the molecule is CC(C)OCCCNCCn1ccn(C(C)C)c1=O. The van der Waals surface area contributed by atoms with Crippen LogP contribution in [-0.4, -0.2) is 34.9 Å². The van der Waals surface area contributed by atoms with Crippen molar-refractivity contribution in [3.05, 3.63) is 22.9 Å². The number of rotatable bonds is 9. The first kappa shape index (κ1) is 16.0. The molecular formula is C14H27N3O2. The largest absolute Gasteiger partial charge is 0.379 e. The third-order valence-electron chi connectivity index (χ3n) is 2.91. The Kier molecular flexibility index (Phi) is 6.87. The fourth-order valence-electron chi connectivity index (χ4n) is 1.83. The Morgan fingerprint density at radius 1 is 1.21 bits per heavy atom. The van der Waals surface area contributed by atoms with E-state index >= 15 is 0 Å². The molecule has 19 heavy (non-hydrogen) atoms. The predicted octanol–water partition coefficient (Wildman–Crippen LogP) is 1.64. The first-order valence-corrected chi connectivity index (χ1v) is 7.12. The summed E-state index contributed by atoms with van der Waals surface area (Å²) in [6.07, 6.45) is 5.00. The van der Waals surface area contributed by atoms with Crippen LogP contribution in [0.15, 0.2) is 17.2 Å². The number of aromatic nitrogens is 2. The molecule has 0 atom stereocenters. The van der Waals surface area contributed by atoms with E-state index in [9.17, 15) is 4.79 Å². The molecule has 0 radical (unpaired) electrons. The molecule has 0 bridgehead atoms. The zero-order valence-corrected chi connectivity index (χ0v) is 12.6. The third kappa shape index (κ3) is 5.61. The summed E-state index contributed by atoms with van der Waals surface area (Å²) in [5, 5.41) is 3.32. The fraction of sp³-hybridized carbons (Fsp3) is 0.786. The van der Waals surface area contributed by atoms with Crippen LogP contribution in [-0.2, 0) is 11.3 Å². The second-order valence-corrected chi connectivity index (χ2v) is 5.30. The van der Waals surface area contributed by atoms with Crippen LogP contribution in [0.4, 0.5) is 0 Å². The number of hydrogen-bond donors (Lipinski definition) is 1. The Bertz CT molecular complexity index is 407. The van der Waals surface area contributed by atoms with Crippen LogP contribution in [0.25, 0.3) is 0 Å². The minimum Gasteiger partial charge on any atom is -0.379 e. The van der Waals surface area contributed by atoms with Gasteiger partial charge < -0.3 is 10.1 Å². The monoisotopic (exact) mass is 269 g/mol. The van der Waals surface area contributed by atoms with Crippen molar-refractivity contribution in [2.45, 2.75) is 52.8 Å². The van der Waals surface area contributed by atoms with Crippen LogP contribution in [0.5, 0.6) is 0 Å². The van der Waals surface area contributed by atoms with Gasteiger partial charge in [-0.25, -0.2) is 4.79 Å². The van der Waals surface area contributed by atoms with E-state index in [-0.39, 0.29) is 11.7 Å². The Morgan fingerprint density at radius 3 is 2.53 bits per heavy atom. The predicted molar refractivity (Wildman–Crippen MR) is 77.7 cm³/mol. The van der Waals surface area contributed by atoms with Crippen LogP contribution in [0.2, 0.25) is 0 Å². The van der Waals surface area contributed by atoms with Gasteiger partial charge >= 0.3 is 5.69 Å². The summed E-state index contributed by atoms with van der Waals surface area (Å²) < 4.78 is 8.95. The van der Waals surface area contributed by atoms with Gasteiger partial charge in [0.05, 0.1) is 6.10 Å². The Hall–Kier alpha value is -1.07. The topological polar surface area (TPSA) is 48.2 Å². The minimum absolute atomic E-state index is 0.0694. The van der Waals surface area contributed by atoms with Crippen LogP contribution in [0.3, 0.4) is 0 Å². The van der Waals surface area contributed by atoms with Crippen molar-refractivity contribution in [2.24, 2.45) is 0 Å². The average molecular weight is 269 g/mol. The van der Waals surface area contributed by atoms with Gasteiger partial charge in [-0.2, -0.15) is 0 Å². The highest BCUT2D eigenvalue weighted by Gasteiger charge is 2.05. The van der Waals surface area contributed by atoms with E-state index in [1.807, 2.05) is 40.1 Å². The second-order valence-electron chi connectivity index (χ2n) is 5.30.